The van der Waals surface area contributed by atoms with E-state index in [1.165, 1.54) is 0 Å². The second-order valence-electron chi connectivity index (χ2n) is 0.965. The fourth-order valence-corrected chi connectivity index (χ4v) is 0.514. The van der Waals surface area contributed by atoms with Crippen LogP contribution in [0.2, 0.25) is 0 Å². The number of halogens is 1. The van der Waals surface area contributed by atoms with E-state index in [4.69, 9.17) is 0 Å². The molecule has 1 aliphatic heterocycles. The van der Waals surface area contributed by atoms with E-state index in [0.717, 1.165) is 4.61 Å². The minimum Gasteiger partial charge on any atom is -0.271 e. The SMILES string of the molecule is BrC1=CCON1. The first-order valence-corrected chi connectivity index (χ1v) is 2.42. The largest absolute Gasteiger partial charge is 0.271 e. The van der Waals surface area contributed by atoms with Crippen LogP contribution in [0.1, 0.15) is 0 Å². The zero-order valence-corrected chi connectivity index (χ0v) is 4.66. The van der Waals surface area contributed by atoms with Crippen molar-refractivity contribution in [1.29, 1.82) is 0 Å². The maximum absolute atomic E-state index is 4.67. The molecule has 0 atom stereocenters. The molecule has 1 N–H and O–H groups in total. The van der Waals surface area contributed by atoms with Gasteiger partial charge in [-0.1, -0.05) is 0 Å². The lowest BCUT2D eigenvalue weighted by molar-refractivity contribution is 0.114. The molecule has 1 heterocycles. The first-order chi connectivity index (χ1) is 2.89. The predicted octanol–water partition coefficient (Wildman–Crippen LogP) is 0.757. The molecule has 6 heavy (non-hydrogen) atoms. The number of hydroxylamine groups is 1. The van der Waals surface area contributed by atoms with Crippen molar-refractivity contribution in [2.24, 2.45) is 0 Å². The van der Waals surface area contributed by atoms with E-state index in [1.807, 2.05) is 6.08 Å². The highest BCUT2D eigenvalue weighted by Gasteiger charge is 1.94. The van der Waals surface area contributed by atoms with Crippen LogP contribution in [-0.4, -0.2) is 6.61 Å². The van der Waals surface area contributed by atoms with E-state index >= 15 is 0 Å². The molecule has 0 aromatic carbocycles. The molecule has 0 bridgehead atoms. The van der Waals surface area contributed by atoms with E-state index in [-0.39, 0.29) is 0 Å². The minimum absolute atomic E-state index is 0.667. The molecule has 34 valence electrons. The fraction of sp³-hybridized carbons (Fsp3) is 0.333. The van der Waals surface area contributed by atoms with Crippen LogP contribution in [0.5, 0.6) is 0 Å². The lowest BCUT2D eigenvalue weighted by Gasteiger charge is -1.87. The van der Waals surface area contributed by atoms with E-state index in [9.17, 15) is 0 Å². The summed E-state index contributed by atoms with van der Waals surface area (Å²) in [6.45, 7) is 0.667. The zero-order chi connectivity index (χ0) is 4.41. The average Bonchev–Trinajstić information content (AvgIpc) is 1.86. The number of rotatable bonds is 0. The van der Waals surface area contributed by atoms with Crippen LogP contribution < -0.4 is 5.48 Å². The summed E-state index contributed by atoms with van der Waals surface area (Å²) in [6.07, 6.45) is 1.90. The van der Waals surface area contributed by atoms with Gasteiger partial charge in [-0.05, 0) is 22.0 Å². The van der Waals surface area contributed by atoms with Crippen LogP contribution in [0.15, 0.2) is 10.7 Å². The second kappa shape index (κ2) is 1.62. The smallest absolute Gasteiger partial charge is 0.101 e. The highest BCUT2D eigenvalue weighted by atomic mass is 79.9. The van der Waals surface area contributed by atoms with Gasteiger partial charge in [0.15, 0.2) is 0 Å². The number of nitrogens with one attached hydrogen (secondary N) is 1. The molecule has 0 saturated heterocycles. The minimum atomic E-state index is 0.667. The Kier molecular flexibility index (Phi) is 1.12. The molecule has 2 nitrogen and oxygen atoms in total. The van der Waals surface area contributed by atoms with Gasteiger partial charge in [0.1, 0.15) is 4.61 Å². The normalized spacial score (nSPS) is 19.8. The van der Waals surface area contributed by atoms with Gasteiger partial charge in [0, 0.05) is 0 Å². The molecule has 1 rings (SSSR count). The summed E-state index contributed by atoms with van der Waals surface area (Å²) in [5.74, 6) is 0. The van der Waals surface area contributed by atoms with Gasteiger partial charge < -0.3 is 0 Å². The lowest BCUT2D eigenvalue weighted by Crippen LogP contribution is -2.00. The highest BCUT2D eigenvalue weighted by Crippen LogP contribution is 2.03. The molecule has 0 unspecified atom stereocenters. The van der Waals surface area contributed by atoms with Crippen LogP contribution >= 0.6 is 15.9 Å². The second-order valence-corrected chi connectivity index (χ2v) is 1.82. The van der Waals surface area contributed by atoms with Crippen molar-refractivity contribution in [3.8, 4) is 0 Å². The van der Waals surface area contributed by atoms with E-state index in [0.29, 0.717) is 6.61 Å². The van der Waals surface area contributed by atoms with Crippen LogP contribution in [-0.2, 0) is 4.84 Å². The number of hydrogen-bond acceptors (Lipinski definition) is 2. The van der Waals surface area contributed by atoms with E-state index < -0.39 is 0 Å². The fourth-order valence-electron chi connectivity index (χ4n) is 0.267. The maximum Gasteiger partial charge on any atom is 0.101 e. The first kappa shape index (κ1) is 4.15. The molecule has 0 aromatic rings. The van der Waals surface area contributed by atoms with Crippen molar-refractivity contribution in [1.82, 2.24) is 5.48 Å². The summed E-state index contributed by atoms with van der Waals surface area (Å²) < 4.78 is 0.919. The summed E-state index contributed by atoms with van der Waals surface area (Å²) in [6, 6.07) is 0. The zero-order valence-electron chi connectivity index (χ0n) is 3.07. The average molecular weight is 150 g/mol. The molecule has 1 aliphatic rings. The van der Waals surface area contributed by atoms with Crippen molar-refractivity contribution in [2.75, 3.05) is 6.61 Å². The molecule has 0 aromatic heterocycles. The maximum atomic E-state index is 4.67. The molecule has 0 saturated carbocycles. The van der Waals surface area contributed by atoms with Gasteiger partial charge in [-0.2, -0.15) is 0 Å². The van der Waals surface area contributed by atoms with Crippen molar-refractivity contribution < 1.29 is 4.84 Å². The van der Waals surface area contributed by atoms with E-state index in [1.54, 1.807) is 0 Å². The standard InChI is InChI=1S/C3H4BrNO/c4-3-1-2-6-5-3/h1,5H,2H2. The lowest BCUT2D eigenvalue weighted by atomic mass is 10.7. The van der Waals surface area contributed by atoms with Gasteiger partial charge in [-0.15, -0.1) is 0 Å². The summed E-state index contributed by atoms with van der Waals surface area (Å²) in [7, 11) is 0. The Morgan fingerprint density at radius 2 is 2.83 bits per heavy atom. The topological polar surface area (TPSA) is 21.3 Å². The molecule has 0 spiro atoms. The Labute approximate surface area is 44.3 Å². The number of hydrogen-bond donors (Lipinski definition) is 1. The van der Waals surface area contributed by atoms with Crippen molar-refractivity contribution in [2.45, 2.75) is 0 Å². The van der Waals surface area contributed by atoms with Gasteiger partial charge in [0.25, 0.3) is 0 Å². The summed E-state index contributed by atoms with van der Waals surface area (Å²) >= 11 is 3.16. The summed E-state index contributed by atoms with van der Waals surface area (Å²) in [5, 5.41) is 0. The van der Waals surface area contributed by atoms with Gasteiger partial charge in [-0.3, -0.25) is 10.3 Å². The molecule has 0 amide bonds. The molecule has 3 heteroatoms. The van der Waals surface area contributed by atoms with Crippen molar-refractivity contribution in [3.63, 3.8) is 0 Å². The Bertz CT molecular complexity index is 80.9. The van der Waals surface area contributed by atoms with Gasteiger partial charge >= 0.3 is 0 Å². The Balaban J connectivity index is 2.45. The Hall–Kier alpha value is -0.0200. The van der Waals surface area contributed by atoms with Crippen LogP contribution in [0.3, 0.4) is 0 Å². The van der Waals surface area contributed by atoms with Crippen LogP contribution in [0.25, 0.3) is 0 Å². The van der Waals surface area contributed by atoms with Gasteiger partial charge in [-0.25, -0.2) is 0 Å². The van der Waals surface area contributed by atoms with E-state index in [2.05, 4.69) is 26.2 Å². The third-order valence-electron chi connectivity index (χ3n) is 0.516. The highest BCUT2D eigenvalue weighted by molar-refractivity contribution is 9.11. The Morgan fingerprint density at radius 3 is 3.00 bits per heavy atom. The molecular formula is C3H4BrNO. The predicted molar refractivity (Wildman–Crippen MR) is 26.1 cm³/mol. The third-order valence-corrected chi connectivity index (χ3v) is 1.00. The quantitative estimate of drug-likeness (QED) is 0.514. The summed E-state index contributed by atoms with van der Waals surface area (Å²) in [5.41, 5.74) is 2.60. The van der Waals surface area contributed by atoms with Crippen molar-refractivity contribution in [3.05, 3.63) is 10.7 Å². The van der Waals surface area contributed by atoms with Gasteiger partial charge in [0.05, 0.1) is 6.61 Å². The molecule has 0 radical (unpaired) electrons. The molecular weight excluding hydrogens is 146 g/mol. The monoisotopic (exact) mass is 149 g/mol. The van der Waals surface area contributed by atoms with Gasteiger partial charge in [0.2, 0.25) is 0 Å². The Morgan fingerprint density at radius 1 is 2.00 bits per heavy atom. The van der Waals surface area contributed by atoms with Crippen LogP contribution in [0, 0.1) is 0 Å². The molecule has 0 fully saturated rings. The summed E-state index contributed by atoms with van der Waals surface area (Å²) in [4.78, 5) is 4.67. The van der Waals surface area contributed by atoms with Crippen LogP contribution in [0.4, 0.5) is 0 Å². The first-order valence-electron chi connectivity index (χ1n) is 1.63. The molecule has 0 aliphatic carbocycles. The van der Waals surface area contributed by atoms with Crippen molar-refractivity contribution >= 4 is 15.9 Å². The third kappa shape index (κ3) is 0.725.